The van der Waals surface area contributed by atoms with Gasteiger partial charge in [-0.3, -0.25) is 4.79 Å². The lowest BCUT2D eigenvalue weighted by atomic mass is 9.91. The van der Waals surface area contributed by atoms with Gasteiger partial charge < -0.3 is 25.2 Å². The van der Waals surface area contributed by atoms with Crippen molar-refractivity contribution < 1.29 is 19.4 Å². The average Bonchev–Trinajstić information content (AvgIpc) is 2.99. The molecule has 8 nitrogen and oxygen atoms in total. The fraction of sp³-hybridized carbons (Fsp3) is 0.639. The number of rotatable bonds is 22. The summed E-state index contributed by atoms with van der Waals surface area (Å²) in [4.78, 5) is 12.6. The van der Waals surface area contributed by atoms with Crippen LogP contribution in [0.5, 0.6) is 5.75 Å². The molecule has 0 fully saturated rings. The third kappa shape index (κ3) is 14.8. The first-order chi connectivity index (χ1) is 21.0. The second kappa shape index (κ2) is 19.6. The molecule has 0 spiro atoms. The SMILES string of the molecule is CCCC(CC)CCCC(C)(C)OCCC(C)(C)OCCCNC(=O)c1ccc(/N=N/c2cc(CCNC)ccc2O)cc1. The van der Waals surface area contributed by atoms with Gasteiger partial charge in [0.05, 0.1) is 23.5 Å². The van der Waals surface area contributed by atoms with E-state index in [4.69, 9.17) is 9.47 Å². The van der Waals surface area contributed by atoms with Gasteiger partial charge in [-0.05, 0) is 115 Å². The first-order valence-electron chi connectivity index (χ1n) is 16.5. The lowest BCUT2D eigenvalue weighted by molar-refractivity contribution is -0.0752. The fourth-order valence-electron chi connectivity index (χ4n) is 5.08. The van der Waals surface area contributed by atoms with Crippen molar-refractivity contribution >= 4 is 17.3 Å². The molecule has 3 N–H and O–H groups in total. The van der Waals surface area contributed by atoms with Crippen LogP contribution < -0.4 is 10.6 Å². The number of nitrogens with zero attached hydrogens (tertiary/aromatic N) is 2. The normalized spacial score (nSPS) is 13.0. The Morgan fingerprint density at radius 3 is 2.27 bits per heavy atom. The maximum Gasteiger partial charge on any atom is 0.251 e. The minimum atomic E-state index is -0.288. The summed E-state index contributed by atoms with van der Waals surface area (Å²) in [6.45, 7) is 15.8. The van der Waals surface area contributed by atoms with Crippen molar-refractivity contribution in [2.24, 2.45) is 16.1 Å². The molecule has 2 aromatic carbocycles. The summed E-state index contributed by atoms with van der Waals surface area (Å²) < 4.78 is 12.4. The van der Waals surface area contributed by atoms with Crippen molar-refractivity contribution in [3.63, 3.8) is 0 Å². The molecule has 0 aromatic heterocycles. The minimum Gasteiger partial charge on any atom is -0.506 e. The zero-order valence-corrected chi connectivity index (χ0v) is 28.4. The number of phenols is 1. The number of azo groups is 1. The van der Waals surface area contributed by atoms with Gasteiger partial charge in [0.15, 0.2) is 0 Å². The zero-order chi connectivity index (χ0) is 32.4. The largest absolute Gasteiger partial charge is 0.506 e. The smallest absolute Gasteiger partial charge is 0.251 e. The van der Waals surface area contributed by atoms with E-state index in [2.05, 4.69) is 62.4 Å². The molecule has 8 heteroatoms. The second-order valence-corrected chi connectivity index (χ2v) is 13.0. The van der Waals surface area contributed by atoms with E-state index in [0.29, 0.717) is 36.7 Å². The monoisotopic (exact) mass is 610 g/mol. The molecule has 0 bridgehead atoms. The van der Waals surface area contributed by atoms with Gasteiger partial charge in [-0.25, -0.2) is 0 Å². The van der Waals surface area contributed by atoms with E-state index in [1.165, 1.54) is 32.1 Å². The number of carbonyl (C=O) groups is 1. The van der Waals surface area contributed by atoms with Gasteiger partial charge >= 0.3 is 0 Å². The minimum absolute atomic E-state index is 0.0798. The molecule has 0 aliphatic carbocycles. The van der Waals surface area contributed by atoms with Crippen LogP contribution in [0.15, 0.2) is 52.7 Å². The summed E-state index contributed by atoms with van der Waals surface area (Å²) in [5, 5.41) is 24.6. The van der Waals surface area contributed by atoms with Crippen LogP contribution in [0.1, 0.15) is 109 Å². The summed E-state index contributed by atoms with van der Waals surface area (Å²) in [6, 6.07) is 12.3. The number of hydrogen-bond donors (Lipinski definition) is 3. The van der Waals surface area contributed by atoms with Crippen molar-refractivity contribution in [1.82, 2.24) is 10.6 Å². The molecule has 2 rings (SSSR count). The number of aromatic hydroxyl groups is 1. The van der Waals surface area contributed by atoms with Crippen molar-refractivity contribution in [2.75, 3.05) is 33.4 Å². The topological polar surface area (TPSA) is 105 Å². The molecule has 0 radical (unpaired) electrons. The van der Waals surface area contributed by atoms with Crippen molar-refractivity contribution in [2.45, 2.75) is 111 Å². The van der Waals surface area contributed by atoms with Gasteiger partial charge in [0, 0.05) is 18.7 Å². The molecule has 246 valence electrons. The predicted octanol–water partition coefficient (Wildman–Crippen LogP) is 8.67. The van der Waals surface area contributed by atoms with Crippen LogP contribution in [0, 0.1) is 5.92 Å². The standard InChI is InChI=1S/C36H58N4O4/c1-8-12-28(9-2)13-10-21-35(3,4)44-26-22-36(5,6)43-25-11-23-38-34(42)30-15-17-31(18-16-30)39-40-32-27-29(20-24-37-7)14-19-33(32)41/h14-19,27-28,37,41H,8-13,20-26H2,1-7H3,(H,38,42)/b40-39+. The number of likely N-dealkylation sites (N-methyl/N-ethyl adjacent to an activating group) is 1. The lowest BCUT2D eigenvalue weighted by Crippen LogP contribution is -2.32. The van der Waals surface area contributed by atoms with Crippen molar-refractivity contribution in [3.8, 4) is 5.75 Å². The summed E-state index contributed by atoms with van der Waals surface area (Å²) in [5.41, 5.74) is 2.23. The second-order valence-electron chi connectivity index (χ2n) is 13.0. The highest BCUT2D eigenvalue weighted by Gasteiger charge is 2.23. The fourth-order valence-corrected chi connectivity index (χ4v) is 5.08. The van der Waals surface area contributed by atoms with E-state index >= 15 is 0 Å². The highest BCUT2D eigenvalue weighted by Crippen LogP contribution is 2.29. The number of benzene rings is 2. The molecule has 0 saturated carbocycles. The highest BCUT2D eigenvalue weighted by atomic mass is 16.5. The van der Waals surface area contributed by atoms with E-state index < -0.39 is 0 Å². The lowest BCUT2D eigenvalue weighted by Gasteiger charge is -2.30. The van der Waals surface area contributed by atoms with Crippen LogP contribution in [-0.4, -0.2) is 55.6 Å². The number of phenolic OH excluding ortho intramolecular Hbond substituents is 1. The Labute approximate surface area is 266 Å². The van der Waals surface area contributed by atoms with Crippen LogP contribution >= 0.6 is 0 Å². The highest BCUT2D eigenvalue weighted by molar-refractivity contribution is 5.94. The number of carbonyl (C=O) groups excluding carboxylic acids is 1. The van der Waals surface area contributed by atoms with Crippen LogP contribution in [-0.2, 0) is 15.9 Å². The Hall–Kier alpha value is -2.81. The first kappa shape index (κ1) is 37.4. The zero-order valence-electron chi connectivity index (χ0n) is 28.4. The van der Waals surface area contributed by atoms with Gasteiger partial charge in [0.25, 0.3) is 5.91 Å². The van der Waals surface area contributed by atoms with Gasteiger partial charge in [0.1, 0.15) is 11.4 Å². The van der Waals surface area contributed by atoms with E-state index in [9.17, 15) is 9.90 Å². The van der Waals surface area contributed by atoms with Gasteiger partial charge in [0.2, 0.25) is 0 Å². The molecule has 0 aliphatic rings. The Balaban J connectivity index is 1.68. The Bertz CT molecular complexity index is 1130. The van der Waals surface area contributed by atoms with Crippen LogP contribution in [0.3, 0.4) is 0 Å². The number of nitrogens with one attached hydrogen (secondary N) is 2. The average molecular weight is 611 g/mol. The van der Waals surface area contributed by atoms with E-state index in [1.54, 1.807) is 30.3 Å². The molecule has 1 unspecified atom stereocenters. The van der Waals surface area contributed by atoms with Crippen LogP contribution in [0.25, 0.3) is 0 Å². The maximum absolute atomic E-state index is 12.6. The van der Waals surface area contributed by atoms with Crippen molar-refractivity contribution in [3.05, 3.63) is 53.6 Å². The van der Waals surface area contributed by atoms with Gasteiger partial charge in [-0.15, -0.1) is 5.11 Å². The first-order valence-corrected chi connectivity index (χ1v) is 16.5. The van der Waals surface area contributed by atoms with Crippen molar-refractivity contribution in [1.29, 1.82) is 0 Å². The Morgan fingerprint density at radius 1 is 0.886 bits per heavy atom. The summed E-state index contributed by atoms with van der Waals surface area (Å²) in [6.07, 6.45) is 9.83. The van der Waals surface area contributed by atoms with Crippen LogP contribution in [0.4, 0.5) is 11.4 Å². The molecular weight excluding hydrogens is 552 g/mol. The number of amides is 1. The number of hydrogen-bond acceptors (Lipinski definition) is 7. The molecule has 2 aromatic rings. The molecule has 0 heterocycles. The summed E-state index contributed by atoms with van der Waals surface area (Å²) in [5.74, 6) is 0.782. The quantitative estimate of drug-likeness (QED) is 0.0914. The molecule has 0 aliphatic heterocycles. The third-order valence-corrected chi connectivity index (χ3v) is 8.07. The predicted molar refractivity (Wildman–Crippen MR) is 181 cm³/mol. The Morgan fingerprint density at radius 2 is 1.59 bits per heavy atom. The molecule has 44 heavy (non-hydrogen) atoms. The summed E-state index contributed by atoms with van der Waals surface area (Å²) >= 11 is 0. The van der Waals surface area contributed by atoms with Crippen LogP contribution in [0.2, 0.25) is 0 Å². The van der Waals surface area contributed by atoms with E-state index in [1.807, 2.05) is 19.2 Å². The molecule has 0 saturated heterocycles. The third-order valence-electron chi connectivity index (χ3n) is 8.07. The van der Waals surface area contributed by atoms with Gasteiger partial charge in [-0.1, -0.05) is 52.0 Å². The summed E-state index contributed by atoms with van der Waals surface area (Å²) in [7, 11) is 1.90. The van der Waals surface area contributed by atoms with E-state index in [0.717, 1.165) is 43.7 Å². The molecule has 1 amide bonds. The van der Waals surface area contributed by atoms with E-state index in [-0.39, 0.29) is 22.9 Å². The molecule has 1 atom stereocenters. The molecular formula is C36H58N4O4. The maximum atomic E-state index is 12.6. The van der Waals surface area contributed by atoms with Gasteiger partial charge in [-0.2, -0.15) is 5.11 Å². The Kier molecular flexibility index (Phi) is 16.6. The number of ether oxygens (including phenoxy) is 2.